The van der Waals surface area contributed by atoms with Crippen molar-refractivity contribution in [3.05, 3.63) is 15.8 Å². The third-order valence-corrected chi connectivity index (χ3v) is 6.33. The smallest absolute Gasteiger partial charge is 0.345 e. The number of carboxylic acids is 1. The van der Waals surface area contributed by atoms with Crippen LogP contribution in [0.2, 0.25) is 0 Å². The molecule has 108 valence electrons. The number of sulfonamides is 1. The maximum absolute atomic E-state index is 12.2. The number of thiophene rings is 1. The molecule has 0 fully saturated rings. The zero-order valence-electron chi connectivity index (χ0n) is 11.0. The summed E-state index contributed by atoms with van der Waals surface area (Å²) in [6.45, 7) is 5.41. The first-order chi connectivity index (χ1) is 8.77. The van der Waals surface area contributed by atoms with Crippen molar-refractivity contribution in [1.29, 1.82) is 0 Å². The quantitative estimate of drug-likeness (QED) is 0.803. The fraction of sp³-hybridized carbons (Fsp3) is 0.545. The van der Waals surface area contributed by atoms with Crippen molar-refractivity contribution in [2.45, 2.75) is 31.7 Å². The van der Waals surface area contributed by atoms with Gasteiger partial charge in [-0.3, -0.25) is 0 Å². The van der Waals surface area contributed by atoms with Crippen LogP contribution in [0.4, 0.5) is 0 Å². The average Bonchev–Trinajstić information content (AvgIpc) is 2.69. The maximum atomic E-state index is 12.2. The van der Waals surface area contributed by atoms with Gasteiger partial charge in [0, 0.05) is 16.7 Å². The number of aryl methyl sites for hydroxylation is 1. The number of nitrogens with one attached hydrogen (secondary N) is 1. The Morgan fingerprint density at radius 3 is 2.68 bits per heavy atom. The first-order valence-corrected chi connectivity index (χ1v) is 9.17. The molecule has 0 amide bonds. The zero-order valence-corrected chi connectivity index (χ0v) is 13.4. The predicted octanol–water partition coefficient (Wildman–Crippen LogP) is 2.17. The first kappa shape index (κ1) is 16.5. The van der Waals surface area contributed by atoms with E-state index in [2.05, 4.69) is 4.72 Å². The van der Waals surface area contributed by atoms with E-state index in [1.54, 1.807) is 25.6 Å². The third kappa shape index (κ3) is 4.48. The van der Waals surface area contributed by atoms with Gasteiger partial charge in [0.1, 0.15) is 4.88 Å². The van der Waals surface area contributed by atoms with E-state index in [1.807, 2.05) is 6.92 Å². The van der Waals surface area contributed by atoms with E-state index in [1.165, 1.54) is 6.07 Å². The van der Waals surface area contributed by atoms with Gasteiger partial charge >= 0.3 is 5.97 Å². The fourth-order valence-electron chi connectivity index (χ4n) is 1.49. The third-order valence-electron chi connectivity index (χ3n) is 2.30. The minimum atomic E-state index is -3.65. The zero-order chi connectivity index (χ0) is 14.6. The number of hydrogen-bond acceptors (Lipinski definition) is 5. The highest BCUT2D eigenvalue weighted by atomic mass is 32.2. The van der Waals surface area contributed by atoms with Crippen LogP contribution in [0.25, 0.3) is 0 Å². The van der Waals surface area contributed by atoms with Gasteiger partial charge in [0.05, 0.1) is 4.90 Å². The molecule has 0 saturated heterocycles. The lowest BCUT2D eigenvalue weighted by molar-refractivity contribution is 0.0702. The summed E-state index contributed by atoms with van der Waals surface area (Å²) in [5, 5.41) is 8.88. The summed E-state index contributed by atoms with van der Waals surface area (Å²) < 4.78 is 26.9. The van der Waals surface area contributed by atoms with Gasteiger partial charge in [-0.2, -0.15) is 11.8 Å². The molecule has 8 heteroatoms. The molecule has 5 nitrogen and oxygen atoms in total. The van der Waals surface area contributed by atoms with E-state index in [-0.39, 0.29) is 15.8 Å². The Bertz CT molecular complexity index is 550. The summed E-state index contributed by atoms with van der Waals surface area (Å²) in [6.07, 6.45) is 0. The van der Waals surface area contributed by atoms with Gasteiger partial charge in [0.2, 0.25) is 10.0 Å². The molecule has 0 saturated carbocycles. The van der Waals surface area contributed by atoms with Crippen molar-refractivity contribution in [3.63, 3.8) is 0 Å². The van der Waals surface area contributed by atoms with Gasteiger partial charge in [-0.15, -0.1) is 11.3 Å². The van der Waals surface area contributed by atoms with Crippen LogP contribution in [0.3, 0.4) is 0 Å². The normalized spacial score (nSPS) is 13.4. The Labute approximate surface area is 121 Å². The van der Waals surface area contributed by atoms with Crippen LogP contribution in [0.1, 0.15) is 28.4 Å². The number of thioether (sulfide) groups is 1. The monoisotopic (exact) mass is 323 g/mol. The summed E-state index contributed by atoms with van der Waals surface area (Å²) in [5.74, 6) is 0.501. The van der Waals surface area contributed by atoms with E-state index >= 15 is 0 Å². The predicted molar refractivity (Wildman–Crippen MR) is 78.8 cm³/mol. The van der Waals surface area contributed by atoms with Crippen molar-refractivity contribution < 1.29 is 18.3 Å². The molecular weight excluding hydrogens is 306 g/mol. The average molecular weight is 323 g/mol. The second-order valence-electron chi connectivity index (χ2n) is 4.02. The molecular formula is C11H17NO4S3. The topological polar surface area (TPSA) is 83.5 Å². The Hall–Kier alpha value is -0.570. The molecule has 2 N–H and O–H groups in total. The van der Waals surface area contributed by atoms with Crippen LogP contribution in [0.5, 0.6) is 0 Å². The molecule has 0 aliphatic heterocycles. The number of carbonyl (C=O) groups is 1. The number of carboxylic acid groups (broad SMARTS) is 1. The first-order valence-electron chi connectivity index (χ1n) is 5.71. The Morgan fingerprint density at radius 2 is 2.21 bits per heavy atom. The summed E-state index contributed by atoms with van der Waals surface area (Å²) in [5.41, 5.74) is 0. The van der Waals surface area contributed by atoms with E-state index in [0.29, 0.717) is 10.6 Å². The Kier molecular flexibility index (Phi) is 5.84. The highest BCUT2D eigenvalue weighted by molar-refractivity contribution is 7.99. The minimum Gasteiger partial charge on any atom is -0.477 e. The summed E-state index contributed by atoms with van der Waals surface area (Å²) >= 11 is 2.62. The van der Waals surface area contributed by atoms with Crippen LogP contribution >= 0.6 is 23.1 Å². The largest absolute Gasteiger partial charge is 0.477 e. The SMILES string of the molecule is CCSCC(C)NS(=O)(=O)c1cc(C(=O)O)sc1C. The van der Waals surface area contributed by atoms with Crippen molar-refractivity contribution in [2.24, 2.45) is 0 Å². The van der Waals surface area contributed by atoms with Crippen LogP contribution in [0, 0.1) is 6.92 Å². The summed E-state index contributed by atoms with van der Waals surface area (Å²) in [6, 6.07) is 1.02. The number of aromatic carboxylic acids is 1. The lowest BCUT2D eigenvalue weighted by Gasteiger charge is -2.13. The minimum absolute atomic E-state index is 0.0356. The van der Waals surface area contributed by atoms with Gasteiger partial charge in [0.15, 0.2) is 0 Å². The Balaban J connectivity index is 2.91. The van der Waals surface area contributed by atoms with Crippen molar-refractivity contribution in [3.8, 4) is 0 Å². The van der Waals surface area contributed by atoms with E-state index < -0.39 is 16.0 Å². The molecule has 0 aliphatic carbocycles. The summed E-state index contributed by atoms with van der Waals surface area (Å²) in [7, 11) is -3.65. The number of hydrogen-bond donors (Lipinski definition) is 2. The molecule has 0 spiro atoms. The Morgan fingerprint density at radius 1 is 1.58 bits per heavy atom. The highest BCUT2D eigenvalue weighted by Gasteiger charge is 2.23. The molecule has 1 aromatic rings. The molecule has 0 radical (unpaired) electrons. The molecule has 0 aliphatic rings. The number of rotatable bonds is 7. The van der Waals surface area contributed by atoms with Crippen LogP contribution in [0.15, 0.2) is 11.0 Å². The fourth-order valence-corrected chi connectivity index (χ4v) is 4.95. The molecule has 0 bridgehead atoms. The lowest BCUT2D eigenvalue weighted by Crippen LogP contribution is -2.34. The van der Waals surface area contributed by atoms with Gasteiger partial charge in [-0.25, -0.2) is 17.9 Å². The molecule has 19 heavy (non-hydrogen) atoms. The van der Waals surface area contributed by atoms with Crippen molar-refractivity contribution in [1.82, 2.24) is 4.72 Å². The van der Waals surface area contributed by atoms with E-state index in [9.17, 15) is 13.2 Å². The van der Waals surface area contributed by atoms with Crippen LogP contribution < -0.4 is 4.72 Å². The molecule has 1 rings (SSSR count). The second-order valence-corrected chi connectivity index (χ2v) is 8.28. The molecule has 1 atom stereocenters. The standard InChI is InChI=1S/C11H17NO4S3/c1-4-17-6-7(2)12-19(15,16)10-5-9(11(13)14)18-8(10)3/h5,7,12H,4,6H2,1-3H3,(H,13,14). The van der Waals surface area contributed by atoms with Crippen LogP contribution in [-0.4, -0.2) is 37.0 Å². The second kappa shape index (κ2) is 6.74. The van der Waals surface area contributed by atoms with Gasteiger partial charge in [0.25, 0.3) is 0 Å². The van der Waals surface area contributed by atoms with Gasteiger partial charge < -0.3 is 5.11 Å². The molecule has 1 aromatic heterocycles. The van der Waals surface area contributed by atoms with Crippen LogP contribution in [-0.2, 0) is 10.0 Å². The van der Waals surface area contributed by atoms with Gasteiger partial charge in [-0.05, 0) is 25.7 Å². The highest BCUT2D eigenvalue weighted by Crippen LogP contribution is 2.25. The molecule has 1 heterocycles. The van der Waals surface area contributed by atoms with Crippen molar-refractivity contribution >= 4 is 39.1 Å². The molecule has 1 unspecified atom stereocenters. The van der Waals surface area contributed by atoms with E-state index in [4.69, 9.17) is 5.11 Å². The maximum Gasteiger partial charge on any atom is 0.345 e. The van der Waals surface area contributed by atoms with Gasteiger partial charge in [-0.1, -0.05) is 6.92 Å². The summed E-state index contributed by atoms with van der Waals surface area (Å²) in [4.78, 5) is 11.4. The van der Waals surface area contributed by atoms with Crippen molar-refractivity contribution in [2.75, 3.05) is 11.5 Å². The van der Waals surface area contributed by atoms with E-state index in [0.717, 1.165) is 17.1 Å². The lowest BCUT2D eigenvalue weighted by atomic mass is 10.4. The molecule has 0 aromatic carbocycles.